The van der Waals surface area contributed by atoms with Crippen molar-refractivity contribution in [2.75, 3.05) is 19.6 Å². The summed E-state index contributed by atoms with van der Waals surface area (Å²) in [5.41, 5.74) is 2.08. The van der Waals surface area contributed by atoms with Crippen LogP contribution in [0.2, 0.25) is 0 Å². The van der Waals surface area contributed by atoms with Crippen molar-refractivity contribution in [1.82, 2.24) is 19.8 Å². The SMILES string of the molecule is CC(=O)N1CCC(C(=O)NCCn2c(C)nc3ccccc32)CC1. The van der Waals surface area contributed by atoms with E-state index in [4.69, 9.17) is 0 Å². The lowest BCUT2D eigenvalue weighted by molar-refractivity contribution is -0.133. The van der Waals surface area contributed by atoms with Gasteiger partial charge >= 0.3 is 0 Å². The lowest BCUT2D eigenvalue weighted by Gasteiger charge is -2.30. The van der Waals surface area contributed by atoms with Gasteiger partial charge in [0.05, 0.1) is 11.0 Å². The molecule has 2 heterocycles. The maximum atomic E-state index is 12.3. The zero-order valence-electron chi connectivity index (χ0n) is 14.3. The maximum Gasteiger partial charge on any atom is 0.223 e. The molecule has 128 valence electrons. The van der Waals surface area contributed by atoms with Gasteiger partial charge in [0.15, 0.2) is 0 Å². The molecule has 2 aromatic rings. The molecule has 0 bridgehead atoms. The number of likely N-dealkylation sites (tertiary alicyclic amines) is 1. The van der Waals surface area contributed by atoms with E-state index in [-0.39, 0.29) is 17.7 Å². The molecule has 1 aromatic carbocycles. The van der Waals surface area contributed by atoms with Gasteiger partial charge in [-0.05, 0) is 31.9 Å². The van der Waals surface area contributed by atoms with Gasteiger partial charge in [0.1, 0.15) is 5.82 Å². The minimum absolute atomic E-state index is 0.0150. The summed E-state index contributed by atoms with van der Waals surface area (Å²) < 4.78 is 2.13. The molecule has 6 heteroatoms. The Labute approximate surface area is 141 Å². The van der Waals surface area contributed by atoms with E-state index in [1.807, 2.05) is 30.0 Å². The first kappa shape index (κ1) is 16.5. The fourth-order valence-electron chi connectivity index (χ4n) is 3.37. The number of hydrogen-bond acceptors (Lipinski definition) is 3. The molecule has 6 nitrogen and oxygen atoms in total. The van der Waals surface area contributed by atoms with E-state index in [0.29, 0.717) is 26.2 Å². The number of aromatic nitrogens is 2. The molecule has 1 aromatic heterocycles. The molecule has 1 fully saturated rings. The highest BCUT2D eigenvalue weighted by Crippen LogP contribution is 2.18. The molecule has 1 aliphatic rings. The number of rotatable bonds is 4. The first-order valence-electron chi connectivity index (χ1n) is 8.51. The summed E-state index contributed by atoms with van der Waals surface area (Å²) in [4.78, 5) is 30.0. The lowest BCUT2D eigenvalue weighted by atomic mass is 9.96. The van der Waals surface area contributed by atoms with Crippen LogP contribution in [0.4, 0.5) is 0 Å². The van der Waals surface area contributed by atoms with Crippen molar-refractivity contribution in [3.05, 3.63) is 30.1 Å². The Morgan fingerprint density at radius 2 is 1.96 bits per heavy atom. The number of carbonyl (C=O) groups excluding carboxylic acids is 2. The molecule has 1 aliphatic heterocycles. The zero-order chi connectivity index (χ0) is 17.1. The summed E-state index contributed by atoms with van der Waals surface area (Å²) in [6.45, 7) is 6.23. The van der Waals surface area contributed by atoms with E-state index < -0.39 is 0 Å². The quantitative estimate of drug-likeness (QED) is 0.929. The van der Waals surface area contributed by atoms with Crippen molar-refractivity contribution < 1.29 is 9.59 Å². The number of piperidine rings is 1. The highest BCUT2D eigenvalue weighted by molar-refractivity contribution is 5.79. The fourth-order valence-corrected chi connectivity index (χ4v) is 3.37. The van der Waals surface area contributed by atoms with Crippen molar-refractivity contribution in [1.29, 1.82) is 0 Å². The lowest BCUT2D eigenvalue weighted by Crippen LogP contribution is -2.42. The third kappa shape index (κ3) is 3.42. The van der Waals surface area contributed by atoms with Crippen molar-refractivity contribution >= 4 is 22.8 Å². The molecular formula is C18H24N4O2. The van der Waals surface area contributed by atoms with Gasteiger partial charge in [-0.3, -0.25) is 9.59 Å². The van der Waals surface area contributed by atoms with Crippen LogP contribution >= 0.6 is 0 Å². The number of benzene rings is 1. The number of nitrogens with one attached hydrogen (secondary N) is 1. The van der Waals surface area contributed by atoms with E-state index in [1.54, 1.807) is 6.92 Å². The predicted molar refractivity (Wildman–Crippen MR) is 92.5 cm³/mol. The molecule has 0 atom stereocenters. The van der Waals surface area contributed by atoms with Crippen LogP contribution in [-0.4, -0.2) is 45.9 Å². The average molecular weight is 328 g/mol. The molecule has 2 amide bonds. The van der Waals surface area contributed by atoms with Crippen LogP contribution in [0.5, 0.6) is 0 Å². The van der Waals surface area contributed by atoms with Crippen LogP contribution in [0.15, 0.2) is 24.3 Å². The Balaban J connectivity index is 1.52. The molecule has 1 N–H and O–H groups in total. The summed E-state index contributed by atoms with van der Waals surface area (Å²) in [6, 6.07) is 8.03. The third-order valence-corrected chi connectivity index (χ3v) is 4.79. The van der Waals surface area contributed by atoms with E-state index in [9.17, 15) is 9.59 Å². The molecule has 0 radical (unpaired) electrons. The summed E-state index contributed by atoms with van der Waals surface area (Å²) in [7, 11) is 0. The first-order chi connectivity index (χ1) is 11.6. The molecule has 0 aliphatic carbocycles. The molecule has 0 saturated carbocycles. The first-order valence-corrected chi connectivity index (χ1v) is 8.51. The standard InChI is InChI=1S/C18H24N4O2/c1-13-20-16-5-3-4-6-17(16)22(13)12-9-19-18(24)15-7-10-21(11-8-15)14(2)23/h3-6,15H,7-12H2,1-2H3,(H,19,24). The third-order valence-electron chi connectivity index (χ3n) is 4.79. The van der Waals surface area contributed by atoms with Gasteiger partial charge in [0, 0.05) is 39.0 Å². The number of para-hydroxylation sites is 2. The fraction of sp³-hybridized carbons (Fsp3) is 0.500. The van der Waals surface area contributed by atoms with Gasteiger partial charge in [0.2, 0.25) is 11.8 Å². The topological polar surface area (TPSA) is 67.2 Å². The highest BCUT2D eigenvalue weighted by atomic mass is 16.2. The van der Waals surface area contributed by atoms with Crippen molar-refractivity contribution in [3.8, 4) is 0 Å². The number of nitrogens with zero attached hydrogens (tertiary/aromatic N) is 3. The number of hydrogen-bond donors (Lipinski definition) is 1. The minimum Gasteiger partial charge on any atom is -0.354 e. The average Bonchev–Trinajstić information content (AvgIpc) is 2.90. The van der Waals surface area contributed by atoms with Gasteiger partial charge in [-0.1, -0.05) is 12.1 Å². The Morgan fingerprint density at radius 1 is 1.25 bits per heavy atom. The predicted octanol–water partition coefficient (Wildman–Crippen LogP) is 1.72. The van der Waals surface area contributed by atoms with Gasteiger partial charge in [-0.25, -0.2) is 4.98 Å². The Kier molecular flexibility index (Phi) is 4.83. The van der Waals surface area contributed by atoms with Crippen LogP contribution in [0.1, 0.15) is 25.6 Å². The monoisotopic (exact) mass is 328 g/mol. The second kappa shape index (κ2) is 7.03. The summed E-state index contributed by atoms with van der Waals surface area (Å²) >= 11 is 0. The number of aryl methyl sites for hydroxylation is 1. The molecule has 3 rings (SSSR count). The highest BCUT2D eigenvalue weighted by Gasteiger charge is 2.25. The van der Waals surface area contributed by atoms with Gasteiger partial charge in [0.25, 0.3) is 0 Å². The second-order valence-electron chi connectivity index (χ2n) is 6.37. The normalized spacial score (nSPS) is 15.7. The Bertz CT molecular complexity index is 745. The van der Waals surface area contributed by atoms with Crippen LogP contribution < -0.4 is 5.32 Å². The van der Waals surface area contributed by atoms with Gasteiger partial charge in [-0.2, -0.15) is 0 Å². The molecule has 0 unspecified atom stereocenters. The van der Waals surface area contributed by atoms with E-state index in [2.05, 4.69) is 20.9 Å². The van der Waals surface area contributed by atoms with Crippen molar-refractivity contribution in [2.24, 2.45) is 5.92 Å². The van der Waals surface area contributed by atoms with Crippen LogP contribution in [-0.2, 0) is 16.1 Å². The smallest absolute Gasteiger partial charge is 0.223 e. The molecule has 0 spiro atoms. The second-order valence-corrected chi connectivity index (χ2v) is 6.37. The van der Waals surface area contributed by atoms with Crippen molar-refractivity contribution in [2.45, 2.75) is 33.2 Å². The summed E-state index contributed by atoms with van der Waals surface area (Å²) in [5.74, 6) is 1.16. The number of imidazole rings is 1. The Hall–Kier alpha value is -2.37. The zero-order valence-corrected chi connectivity index (χ0v) is 14.3. The summed E-state index contributed by atoms with van der Waals surface area (Å²) in [5, 5.41) is 3.04. The summed E-state index contributed by atoms with van der Waals surface area (Å²) in [6.07, 6.45) is 1.50. The van der Waals surface area contributed by atoms with Gasteiger partial charge < -0.3 is 14.8 Å². The molecular weight excluding hydrogens is 304 g/mol. The molecule has 24 heavy (non-hydrogen) atoms. The van der Waals surface area contributed by atoms with Crippen molar-refractivity contribution in [3.63, 3.8) is 0 Å². The number of amides is 2. The number of carbonyl (C=O) groups is 2. The van der Waals surface area contributed by atoms with E-state index >= 15 is 0 Å². The Morgan fingerprint density at radius 3 is 2.67 bits per heavy atom. The minimum atomic E-state index is 0.0150. The van der Waals surface area contributed by atoms with Crippen LogP contribution in [0.25, 0.3) is 11.0 Å². The maximum absolute atomic E-state index is 12.3. The van der Waals surface area contributed by atoms with Crippen LogP contribution in [0, 0.1) is 12.8 Å². The molecule has 1 saturated heterocycles. The van der Waals surface area contributed by atoms with Gasteiger partial charge in [-0.15, -0.1) is 0 Å². The van der Waals surface area contributed by atoms with Crippen LogP contribution in [0.3, 0.4) is 0 Å². The largest absolute Gasteiger partial charge is 0.354 e. The number of fused-ring (bicyclic) bond motifs is 1. The van der Waals surface area contributed by atoms with E-state index in [0.717, 1.165) is 29.7 Å². The van der Waals surface area contributed by atoms with E-state index in [1.165, 1.54) is 0 Å².